The van der Waals surface area contributed by atoms with Gasteiger partial charge in [-0.2, -0.15) is 0 Å². The maximum absolute atomic E-state index is 5.80. The van der Waals surface area contributed by atoms with E-state index in [0.29, 0.717) is 0 Å². The first kappa shape index (κ1) is 7.95. The molecule has 0 unspecified atom stereocenters. The van der Waals surface area contributed by atoms with Gasteiger partial charge in [-0.15, -0.1) is 0 Å². The minimum atomic E-state index is 0.822. The van der Waals surface area contributed by atoms with Gasteiger partial charge in [-0.25, -0.2) is 0 Å². The largest absolute Gasteiger partial charge is 0.398 e. The Morgan fingerprint density at radius 3 is 2.50 bits per heavy atom. The number of aryl methyl sites for hydroxylation is 2. The van der Waals surface area contributed by atoms with Crippen LogP contribution in [0.5, 0.6) is 0 Å². The molecule has 0 saturated heterocycles. The molecule has 1 aromatic rings. The molecule has 2 nitrogen and oxygen atoms in total. The summed E-state index contributed by atoms with van der Waals surface area (Å²) in [6.45, 7) is 0. The number of nitrogens with two attached hydrogens (primary N) is 2. The van der Waals surface area contributed by atoms with Crippen LogP contribution in [0, 0.1) is 0 Å². The molecule has 1 aliphatic rings. The number of hydrogen-bond acceptors (Lipinski definition) is 3. The summed E-state index contributed by atoms with van der Waals surface area (Å²) in [6, 6.07) is 4.19. The van der Waals surface area contributed by atoms with Gasteiger partial charge in [-0.1, -0.05) is 0 Å². The maximum atomic E-state index is 5.80. The number of hydrogen-bond donors (Lipinski definition) is 2. The van der Waals surface area contributed by atoms with Crippen LogP contribution in [0.15, 0.2) is 17.0 Å². The zero-order valence-corrected chi connectivity index (χ0v) is 7.66. The number of rotatable bonds is 1. The molecular formula is C9H12N2S. The topological polar surface area (TPSA) is 52.0 Å². The molecule has 0 heterocycles. The summed E-state index contributed by atoms with van der Waals surface area (Å²) in [6.07, 6.45) is 3.62. The highest BCUT2D eigenvalue weighted by molar-refractivity contribution is 7.97. The summed E-state index contributed by atoms with van der Waals surface area (Å²) in [5, 5.41) is 5.48. The molecule has 1 aliphatic carbocycles. The molecule has 4 N–H and O–H groups in total. The number of fused-ring (bicyclic) bond motifs is 1. The van der Waals surface area contributed by atoms with Crippen molar-refractivity contribution in [3.63, 3.8) is 0 Å². The Morgan fingerprint density at radius 1 is 1.17 bits per heavy atom. The lowest BCUT2D eigenvalue weighted by molar-refractivity contribution is 0.911. The van der Waals surface area contributed by atoms with Crippen molar-refractivity contribution in [2.24, 2.45) is 5.14 Å². The van der Waals surface area contributed by atoms with Crippen molar-refractivity contribution < 1.29 is 0 Å². The SMILES string of the molecule is NSc1cc2c(cc1N)CCC2. The Morgan fingerprint density at radius 2 is 1.83 bits per heavy atom. The lowest BCUT2D eigenvalue weighted by Crippen LogP contribution is -1.94. The molecule has 0 amide bonds. The van der Waals surface area contributed by atoms with Crippen LogP contribution in [0.25, 0.3) is 0 Å². The smallest absolute Gasteiger partial charge is 0.0468 e. The van der Waals surface area contributed by atoms with Gasteiger partial charge in [-0.05, 0) is 54.5 Å². The highest BCUT2D eigenvalue weighted by Gasteiger charge is 2.12. The normalized spacial score (nSPS) is 14.8. The standard InChI is InChI=1S/C9H12N2S/c10-8-4-6-2-1-3-7(6)5-9(8)12-11/h4-5H,1-3,10-11H2. The van der Waals surface area contributed by atoms with Crippen molar-refractivity contribution in [3.05, 3.63) is 23.3 Å². The second kappa shape index (κ2) is 2.99. The zero-order chi connectivity index (χ0) is 8.55. The van der Waals surface area contributed by atoms with Crippen molar-refractivity contribution in [2.75, 3.05) is 5.73 Å². The quantitative estimate of drug-likeness (QED) is 0.511. The molecule has 0 saturated carbocycles. The van der Waals surface area contributed by atoms with Crippen molar-refractivity contribution in [2.45, 2.75) is 24.2 Å². The van der Waals surface area contributed by atoms with Crippen LogP contribution in [0.2, 0.25) is 0 Å². The Kier molecular flexibility index (Phi) is 1.98. The van der Waals surface area contributed by atoms with Gasteiger partial charge in [0.2, 0.25) is 0 Å². The van der Waals surface area contributed by atoms with Gasteiger partial charge >= 0.3 is 0 Å². The molecule has 0 bridgehead atoms. The summed E-state index contributed by atoms with van der Waals surface area (Å²) in [5.74, 6) is 0. The summed E-state index contributed by atoms with van der Waals surface area (Å²) < 4.78 is 0. The highest BCUT2D eigenvalue weighted by atomic mass is 32.2. The fourth-order valence-electron chi connectivity index (χ4n) is 1.72. The highest BCUT2D eigenvalue weighted by Crippen LogP contribution is 2.30. The Labute approximate surface area is 76.5 Å². The van der Waals surface area contributed by atoms with Gasteiger partial charge in [0.25, 0.3) is 0 Å². The van der Waals surface area contributed by atoms with Crippen LogP contribution < -0.4 is 10.9 Å². The molecule has 0 atom stereocenters. The first-order valence-electron chi connectivity index (χ1n) is 4.09. The summed E-state index contributed by atoms with van der Waals surface area (Å²) >= 11 is 1.24. The monoisotopic (exact) mass is 180 g/mol. The van der Waals surface area contributed by atoms with Gasteiger partial charge in [0.05, 0.1) is 0 Å². The van der Waals surface area contributed by atoms with Crippen molar-refractivity contribution >= 4 is 17.6 Å². The summed E-state index contributed by atoms with van der Waals surface area (Å²) in [7, 11) is 0. The van der Waals surface area contributed by atoms with Gasteiger partial charge in [0, 0.05) is 10.6 Å². The third-order valence-electron chi connectivity index (χ3n) is 2.35. The lowest BCUT2D eigenvalue weighted by Gasteiger charge is -2.05. The van der Waals surface area contributed by atoms with E-state index in [1.807, 2.05) is 0 Å². The minimum Gasteiger partial charge on any atom is -0.398 e. The van der Waals surface area contributed by atoms with Crippen LogP contribution in [-0.4, -0.2) is 0 Å². The molecule has 0 fully saturated rings. The molecule has 0 radical (unpaired) electrons. The van der Waals surface area contributed by atoms with E-state index in [0.717, 1.165) is 10.6 Å². The van der Waals surface area contributed by atoms with E-state index in [1.54, 1.807) is 0 Å². The van der Waals surface area contributed by atoms with E-state index in [9.17, 15) is 0 Å². The van der Waals surface area contributed by atoms with Crippen LogP contribution >= 0.6 is 11.9 Å². The van der Waals surface area contributed by atoms with Gasteiger partial charge < -0.3 is 5.73 Å². The third-order valence-corrected chi connectivity index (χ3v) is 2.96. The number of nitrogen functional groups attached to an aromatic ring is 1. The van der Waals surface area contributed by atoms with E-state index < -0.39 is 0 Å². The molecule has 64 valence electrons. The molecular weight excluding hydrogens is 168 g/mol. The molecule has 0 spiro atoms. The van der Waals surface area contributed by atoms with Crippen molar-refractivity contribution in [1.82, 2.24) is 0 Å². The first-order valence-corrected chi connectivity index (χ1v) is 4.97. The van der Waals surface area contributed by atoms with E-state index in [1.165, 1.54) is 42.3 Å². The van der Waals surface area contributed by atoms with E-state index in [2.05, 4.69) is 12.1 Å². The van der Waals surface area contributed by atoms with E-state index >= 15 is 0 Å². The Hall–Kier alpha value is -0.670. The molecule has 0 aliphatic heterocycles. The van der Waals surface area contributed by atoms with Crippen LogP contribution in [0.4, 0.5) is 5.69 Å². The molecule has 3 heteroatoms. The second-order valence-electron chi connectivity index (χ2n) is 3.13. The van der Waals surface area contributed by atoms with Gasteiger partial charge in [0.1, 0.15) is 0 Å². The second-order valence-corrected chi connectivity index (χ2v) is 3.81. The van der Waals surface area contributed by atoms with Crippen LogP contribution in [-0.2, 0) is 12.8 Å². The molecule has 0 aromatic heterocycles. The van der Waals surface area contributed by atoms with Crippen molar-refractivity contribution in [1.29, 1.82) is 0 Å². The fourth-order valence-corrected chi connectivity index (χ4v) is 2.13. The maximum Gasteiger partial charge on any atom is 0.0468 e. The average Bonchev–Trinajstić information content (AvgIpc) is 2.49. The van der Waals surface area contributed by atoms with Crippen LogP contribution in [0.3, 0.4) is 0 Å². The average molecular weight is 180 g/mol. The Bertz CT molecular complexity index is 309. The predicted octanol–water partition coefficient (Wildman–Crippen LogP) is 1.72. The van der Waals surface area contributed by atoms with Gasteiger partial charge in [0.15, 0.2) is 0 Å². The molecule has 1 aromatic carbocycles. The van der Waals surface area contributed by atoms with Crippen molar-refractivity contribution in [3.8, 4) is 0 Å². The number of anilines is 1. The third kappa shape index (κ3) is 1.19. The summed E-state index contributed by atoms with van der Waals surface area (Å²) in [5.41, 5.74) is 9.46. The van der Waals surface area contributed by atoms with E-state index in [-0.39, 0.29) is 0 Å². The van der Waals surface area contributed by atoms with Gasteiger partial charge in [-0.3, -0.25) is 5.14 Å². The number of benzene rings is 1. The van der Waals surface area contributed by atoms with E-state index in [4.69, 9.17) is 10.9 Å². The molecule has 12 heavy (non-hydrogen) atoms. The predicted molar refractivity (Wildman–Crippen MR) is 52.9 cm³/mol. The lowest BCUT2D eigenvalue weighted by atomic mass is 10.1. The fraction of sp³-hybridized carbons (Fsp3) is 0.333. The summed E-state index contributed by atoms with van der Waals surface area (Å²) in [4.78, 5) is 1.01. The zero-order valence-electron chi connectivity index (χ0n) is 6.84. The Balaban J connectivity index is 2.49. The molecule has 2 rings (SSSR count). The van der Waals surface area contributed by atoms with Crippen LogP contribution in [0.1, 0.15) is 17.5 Å². The first-order chi connectivity index (χ1) is 5.81. The minimum absolute atomic E-state index is 0.822.